The summed E-state index contributed by atoms with van der Waals surface area (Å²) in [4.78, 5) is 0. The average molecular weight is 258 g/mol. The second kappa shape index (κ2) is 6.97. The van der Waals surface area contributed by atoms with Crippen LogP contribution >= 0.6 is 35.3 Å². The summed E-state index contributed by atoms with van der Waals surface area (Å²) >= 11 is 6.13. The molecule has 0 nitrogen and oxygen atoms in total. The van der Waals surface area contributed by atoms with E-state index >= 15 is 0 Å². The third-order valence-electron chi connectivity index (χ3n) is 2.69. The van der Waals surface area contributed by atoms with Gasteiger partial charge in [-0.25, -0.2) is 0 Å². The van der Waals surface area contributed by atoms with Crippen LogP contribution in [-0.4, -0.2) is 23.0 Å². The van der Waals surface area contributed by atoms with Gasteiger partial charge in [0.15, 0.2) is 0 Å². The Hall–Kier alpha value is 0.530. The first kappa shape index (κ1) is 12.0. The van der Waals surface area contributed by atoms with Crippen molar-refractivity contribution in [2.24, 2.45) is 11.8 Å². The van der Waals surface area contributed by atoms with Crippen LogP contribution in [0.2, 0.25) is 0 Å². The van der Waals surface area contributed by atoms with Crippen molar-refractivity contribution in [3.63, 3.8) is 0 Å². The van der Waals surface area contributed by atoms with Gasteiger partial charge >= 0.3 is 0 Å². The van der Waals surface area contributed by atoms with Crippen molar-refractivity contribution in [3.05, 3.63) is 23.0 Å². The first-order valence-corrected chi connectivity index (χ1v) is 8.81. The SMILES string of the molecule is C1=CSCC(CSCC2CC=CSC2)C1. The molecule has 0 bridgehead atoms. The van der Waals surface area contributed by atoms with Gasteiger partial charge in [-0.1, -0.05) is 12.2 Å². The van der Waals surface area contributed by atoms with E-state index in [1.165, 1.54) is 35.9 Å². The molecule has 2 aliphatic rings. The Balaban J connectivity index is 1.57. The van der Waals surface area contributed by atoms with Crippen LogP contribution in [0.5, 0.6) is 0 Å². The lowest BCUT2D eigenvalue weighted by molar-refractivity contribution is 0.667. The second-order valence-electron chi connectivity index (χ2n) is 4.15. The molecule has 0 amide bonds. The fourth-order valence-corrected chi connectivity index (χ4v) is 5.16. The van der Waals surface area contributed by atoms with E-state index in [9.17, 15) is 0 Å². The van der Waals surface area contributed by atoms with Crippen molar-refractivity contribution in [3.8, 4) is 0 Å². The lowest BCUT2D eigenvalue weighted by atomic mass is 10.1. The number of allylic oxidation sites excluding steroid dienone is 2. The second-order valence-corrected chi connectivity index (χ2v) is 7.10. The molecule has 0 fully saturated rings. The number of hydrogen-bond acceptors (Lipinski definition) is 3. The minimum absolute atomic E-state index is 0.928. The first-order chi connectivity index (χ1) is 7.45. The summed E-state index contributed by atoms with van der Waals surface area (Å²) < 4.78 is 0. The highest BCUT2D eigenvalue weighted by molar-refractivity contribution is 8.02. The molecule has 0 saturated carbocycles. The van der Waals surface area contributed by atoms with Crippen molar-refractivity contribution in [1.82, 2.24) is 0 Å². The lowest BCUT2D eigenvalue weighted by Gasteiger charge is -2.20. The standard InChI is InChI=1S/C12H18S3/c1-3-11(7-13-5-1)9-15-10-12-4-2-6-14-8-12/h1-2,5-6,11-12H,3-4,7-10H2. The van der Waals surface area contributed by atoms with Crippen molar-refractivity contribution in [2.45, 2.75) is 12.8 Å². The zero-order valence-corrected chi connectivity index (χ0v) is 11.4. The predicted octanol–water partition coefficient (Wildman–Crippen LogP) is 4.25. The summed E-state index contributed by atoms with van der Waals surface area (Å²) in [5.41, 5.74) is 0. The van der Waals surface area contributed by atoms with Crippen molar-refractivity contribution >= 4 is 35.3 Å². The Labute approximate surface area is 106 Å². The Morgan fingerprint density at radius 1 is 0.933 bits per heavy atom. The fraction of sp³-hybridized carbons (Fsp3) is 0.667. The van der Waals surface area contributed by atoms with Crippen molar-refractivity contribution in [2.75, 3.05) is 23.0 Å². The summed E-state index contributed by atoms with van der Waals surface area (Å²) in [5.74, 6) is 7.25. The molecule has 2 heterocycles. The van der Waals surface area contributed by atoms with Gasteiger partial charge in [-0.2, -0.15) is 11.8 Å². The maximum Gasteiger partial charge on any atom is 0.00132 e. The van der Waals surface area contributed by atoms with E-state index in [4.69, 9.17) is 0 Å². The van der Waals surface area contributed by atoms with Crippen LogP contribution in [-0.2, 0) is 0 Å². The van der Waals surface area contributed by atoms with Crippen LogP contribution in [0.4, 0.5) is 0 Å². The molecule has 0 aliphatic carbocycles. The Morgan fingerprint density at radius 3 is 1.87 bits per heavy atom. The van der Waals surface area contributed by atoms with Gasteiger partial charge in [-0.3, -0.25) is 0 Å². The van der Waals surface area contributed by atoms with Crippen LogP contribution in [0.25, 0.3) is 0 Å². The smallest absolute Gasteiger partial charge is 0.00132 e. The highest BCUT2D eigenvalue weighted by Gasteiger charge is 2.13. The van der Waals surface area contributed by atoms with Gasteiger partial charge in [0.2, 0.25) is 0 Å². The molecule has 0 spiro atoms. The molecule has 0 radical (unpaired) electrons. The zero-order valence-electron chi connectivity index (χ0n) is 8.93. The largest absolute Gasteiger partial charge is 0.161 e. The molecule has 2 atom stereocenters. The van der Waals surface area contributed by atoms with Crippen LogP contribution in [0.1, 0.15) is 12.8 Å². The maximum absolute atomic E-state index is 2.33. The molecule has 84 valence electrons. The highest BCUT2D eigenvalue weighted by atomic mass is 32.2. The van der Waals surface area contributed by atoms with Crippen LogP contribution in [0.15, 0.2) is 23.0 Å². The Morgan fingerprint density at radius 2 is 1.47 bits per heavy atom. The van der Waals surface area contributed by atoms with Gasteiger partial charge in [-0.05, 0) is 47.0 Å². The van der Waals surface area contributed by atoms with Crippen LogP contribution in [0.3, 0.4) is 0 Å². The van der Waals surface area contributed by atoms with Gasteiger partial charge in [0.25, 0.3) is 0 Å². The summed E-state index contributed by atoms with van der Waals surface area (Å²) in [6.07, 6.45) is 7.27. The topological polar surface area (TPSA) is 0 Å². The van der Waals surface area contributed by atoms with Gasteiger partial charge in [0.1, 0.15) is 0 Å². The van der Waals surface area contributed by atoms with Gasteiger partial charge in [-0.15, -0.1) is 23.5 Å². The monoisotopic (exact) mass is 258 g/mol. The molecule has 0 aromatic rings. The molecule has 15 heavy (non-hydrogen) atoms. The normalized spacial score (nSPS) is 30.7. The first-order valence-electron chi connectivity index (χ1n) is 5.56. The molecule has 2 unspecified atom stereocenters. The van der Waals surface area contributed by atoms with Gasteiger partial charge < -0.3 is 0 Å². The number of rotatable bonds is 4. The quantitative estimate of drug-likeness (QED) is 0.740. The molecule has 2 rings (SSSR count). The summed E-state index contributed by atoms with van der Waals surface area (Å²) in [6, 6.07) is 0. The molecule has 0 N–H and O–H groups in total. The van der Waals surface area contributed by atoms with Crippen LogP contribution in [0, 0.1) is 11.8 Å². The predicted molar refractivity (Wildman–Crippen MR) is 76.7 cm³/mol. The Bertz CT molecular complexity index is 211. The van der Waals surface area contributed by atoms with Gasteiger partial charge in [0, 0.05) is 11.5 Å². The van der Waals surface area contributed by atoms with Crippen LogP contribution < -0.4 is 0 Å². The third kappa shape index (κ3) is 4.49. The fourth-order valence-electron chi connectivity index (χ4n) is 1.79. The van der Waals surface area contributed by atoms with E-state index in [2.05, 4.69) is 34.7 Å². The highest BCUT2D eigenvalue weighted by Crippen LogP contribution is 2.27. The van der Waals surface area contributed by atoms with E-state index in [0.29, 0.717) is 0 Å². The molecule has 3 heteroatoms. The molecule has 0 aromatic heterocycles. The number of thioether (sulfide) groups is 3. The Kier molecular flexibility index (Phi) is 5.58. The third-order valence-corrected chi connectivity index (χ3v) is 6.21. The van der Waals surface area contributed by atoms with Crippen molar-refractivity contribution < 1.29 is 0 Å². The van der Waals surface area contributed by atoms with E-state index in [-0.39, 0.29) is 0 Å². The summed E-state index contributed by atoms with van der Waals surface area (Å²) in [6.45, 7) is 0. The molecular weight excluding hydrogens is 240 g/mol. The van der Waals surface area contributed by atoms with E-state index < -0.39 is 0 Å². The van der Waals surface area contributed by atoms with E-state index in [1.54, 1.807) is 0 Å². The minimum Gasteiger partial charge on any atom is -0.161 e. The number of hydrogen-bond donors (Lipinski definition) is 0. The minimum atomic E-state index is 0.928. The lowest BCUT2D eigenvalue weighted by Crippen LogP contribution is -2.12. The van der Waals surface area contributed by atoms with Crippen molar-refractivity contribution in [1.29, 1.82) is 0 Å². The zero-order chi connectivity index (χ0) is 10.3. The average Bonchev–Trinajstić information content (AvgIpc) is 2.32. The van der Waals surface area contributed by atoms with E-state index in [1.807, 2.05) is 23.5 Å². The summed E-state index contributed by atoms with van der Waals surface area (Å²) in [5, 5.41) is 4.51. The molecular formula is C12H18S3. The van der Waals surface area contributed by atoms with E-state index in [0.717, 1.165) is 11.8 Å². The maximum atomic E-state index is 2.33. The van der Waals surface area contributed by atoms with Gasteiger partial charge in [0.05, 0.1) is 0 Å². The summed E-state index contributed by atoms with van der Waals surface area (Å²) in [7, 11) is 0. The molecule has 0 aromatic carbocycles. The molecule has 2 aliphatic heterocycles. The molecule has 0 saturated heterocycles.